The molecule has 0 saturated heterocycles. The van der Waals surface area contributed by atoms with Gasteiger partial charge in [-0.25, -0.2) is 9.97 Å². The number of rotatable bonds is 7. The summed E-state index contributed by atoms with van der Waals surface area (Å²) in [6.45, 7) is 2.01. The molecular weight excluding hydrogens is 400 g/mol. The molecule has 2 N–H and O–H groups in total. The lowest BCUT2D eigenvalue weighted by Gasteiger charge is -2.16. The second-order valence-electron chi connectivity index (χ2n) is 6.06. The van der Waals surface area contributed by atoms with Crippen LogP contribution in [-0.4, -0.2) is 37.4 Å². The molecule has 0 aliphatic carbocycles. The fourth-order valence-electron chi connectivity index (χ4n) is 2.55. The molecule has 0 spiro atoms. The second kappa shape index (κ2) is 9.18. The first-order chi connectivity index (χ1) is 13.5. The lowest BCUT2D eigenvalue weighted by molar-refractivity contribution is -0.115. The quantitative estimate of drug-likeness (QED) is 0.452. The zero-order chi connectivity index (χ0) is 20.1. The Bertz CT molecular complexity index is 1040. The number of benzene rings is 1. The van der Waals surface area contributed by atoms with Gasteiger partial charge in [-0.05, 0) is 37.6 Å². The largest absolute Gasteiger partial charge is 0.396 e. The van der Waals surface area contributed by atoms with Gasteiger partial charge in [0.2, 0.25) is 5.91 Å². The van der Waals surface area contributed by atoms with E-state index in [9.17, 15) is 9.59 Å². The molecular formula is C19H19ClN4O3S. The average Bonchev–Trinajstić information content (AvgIpc) is 2.69. The summed E-state index contributed by atoms with van der Waals surface area (Å²) in [6.07, 6.45) is 1.87. The van der Waals surface area contributed by atoms with Crippen molar-refractivity contribution in [2.75, 3.05) is 11.9 Å². The Morgan fingerprint density at radius 2 is 2.11 bits per heavy atom. The molecule has 1 amide bonds. The molecule has 3 aromatic rings. The number of pyridine rings is 1. The van der Waals surface area contributed by atoms with Crippen molar-refractivity contribution < 1.29 is 9.90 Å². The van der Waals surface area contributed by atoms with E-state index in [1.807, 2.05) is 6.07 Å². The Kier molecular flexibility index (Phi) is 6.66. The van der Waals surface area contributed by atoms with Crippen LogP contribution in [0.15, 0.2) is 52.5 Å². The van der Waals surface area contributed by atoms with Crippen molar-refractivity contribution in [3.8, 4) is 0 Å². The molecule has 28 heavy (non-hydrogen) atoms. The van der Waals surface area contributed by atoms with Crippen LogP contribution in [0.25, 0.3) is 10.9 Å². The molecule has 146 valence electrons. The Balaban J connectivity index is 1.86. The molecule has 0 bridgehead atoms. The number of amides is 1. The van der Waals surface area contributed by atoms with Crippen LogP contribution < -0.4 is 10.9 Å². The number of carbonyl (C=O) groups is 1. The third kappa shape index (κ3) is 4.70. The summed E-state index contributed by atoms with van der Waals surface area (Å²) in [5.74, 6) is 0.127. The number of nitrogens with zero attached hydrogens (tertiary/aromatic N) is 3. The summed E-state index contributed by atoms with van der Waals surface area (Å²) < 4.78 is 1.51. The Morgan fingerprint density at radius 3 is 2.82 bits per heavy atom. The van der Waals surface area contributed by atoms with Gasteiger partial charge in [-0.2, -0.15) is 0 Å². The normalized spacial score (nSPS) is 12.1. The van der Waals surface area contributed by atoms with Crippen LogP contribution in [0, 0.1) is 0 Å². The van der Waals surface area contributed by atoms with E-state index in [0.29, 0.717) is 39.9 Å². The van der Waals surface area contributed by atoms with Gasteiger partial charge in [0, 0.05) is 19.3 Å². The van der Waals surface area contributed by atoms with Gasteiger partial charge in [-0.3, -0.25) is 14.2 Å². The number of aromatic nitrogens is 3. The molecule has 9 heteroatoms. The van der Waals surface area contributed by atoms with Gasteiger partial charge in [0.1, 0.15) is 5.82 Å². The highest BCUT2D eigenvalue weighted by Gasteiger charge is 2.19. The van der Waals surface area contributed by atoms with E-state index in [1.165, 1.54) is 22.5 Å². The summed E-state index contributed by atoms with van der Waals surface area (Å²) >= 11 is 6.99. The SMILES string of the molecule is C[C@H](Sc1nc2ccccc2c(=O)n1CCCO)C(=O)Nc1ccc(Cl)cn1. The molecule has 1 atom stereocenters. The van der Waals surface area contributed by atoms with Crippen LogP contribution in [0.3, 0.4) is 0 Å². The summed E-state index contributed by atoms with van der Waals surface area (Å²) in [5, 5.41) is 12.8. The maximum absolute atomic E-state index is 12.8. The lowest BCUT2D eigenvalue weighted by Crippen LogP contribution is -2.27. The predicted molar refractivity (Wildman–Crippen MR) is 111 cm³/mol. The average molecular weight is 419 g/mol. The zero-order valence-electron chi connectivity index (χ0n) is 15.1. The van der Waals surface area contributed by atoms with E-state index < -0.39 is 5.25 Å². The van der Waals surface area contributed by atoms with Gasteiger partial charge in [-0.1, -0.05) is 35.5 Å². The minimum atomic E-state index is -0.522. The molecule has 7 nitrogen and oxygen atoms in total. The maximum Gasteiger partial charge on any atom is 0.262 e. The summed E-state index contributed by atoms with van der Waals surface area (Å²) in [5.41, 5.74) is 0.385. The smallest absolute Gasteiger partial charge is 0.262 e. The van der Waals surface area contributed by atoms with Crippen LogP contribution in [0.1, 0.15) is 13.3 Å². The Morgan fingerprint density at radius 1 is 1.32 bits per heavy atom. The monoisotopic (exact) mass is 418 g/mol. The van der Waals surface area contributed by atoms with Gasteiger partial charge >= 0.3 is 0 Å². The first-order valence-corrected chi connectivity index (χ1v) is 9.95. The molecule has 0 fully saturated rings. The van der Waals surface area contributed by atoms with Gasteiger partial charge in [0.25, 0.3) is 5.56 Å². The van der Waals surface area contributed by atoms with E-state index >= 15 is 0 Å². The van der Waals surface area contributed by atoms with Crippen molar-refractivity contribution in [3.05, 3.63) is 58.0 Å². The lowest BCUT2D eigenvalue weighted by atomic mass is 10.2. The number of fused-ring (bicyclic) bond motifs is 1. The topological polar surface area (TPSA) is 97.1 Å². The van der Waals surface area contributed by atoms with Crippen molar-refractivity contribution in [2.24, 2.45) is 0 Å². The van der Waals surface area contributed by atoms with Gasteiger partial charge in [0.05, 0.1) is 21.2 Å². The molecule has 0 unspecified atom stereocenters. The van der Waals surface area contributed by atoms with Crippen molar-refractivity contribution in [3.63, 3.8) is 0 Å². The van der Waals surface area contributed by atoms with Gasteiger partial charge < -0.3 is 10.4 Å². The fraction of sp³-hybridized carbons (Fsp3) is 0.263. The number of thioether (sulfide) groups is 1. The minimum absolute atomic E-state index is 0.0400. The Labute approximate surface area is 170 Å². The maximum atomic E-state index is 12.8. The first-order valence-electron chi connectivity index (χ1n) is 8.69. The van der Waals surface area contributed by atoms with E-state index in [0.717, 1.165) is 0 Å². The molecule has 2 aromatic heterocycles. The van der Waals surface area contributed by atoms with Crippen LogP contribution in [0.4, 0.5) is 5.82 Å². The van der Waals surface area contributed by atoms with Crippen LogP contribution in [0.2, 0.25) is 5.02 Å². The summed E-state index contributed by atoms with van der Waals surface area (Å²) in [4.78, 5) is 34.0. The molecule has 1 aromatic carbocycles. The van der Waals surface area contributed by atoms with Crippen molar-refractivity contribution >= 4 is 46.0 Å². The molecule has 0 aliphatic rings. The van der Waals surface area contributed by atoms with E-state index in [-0.39, 0.29) is 18.1 Å². The third-order valence-corrected chi connectivity index (χ3v) is 5.31. The number of aliphatic hydroxyl groups excluding tert-OH is 1. The summed E-state index contributed by atoms with van der Waals surface area (Å²) in [7, 11) is 0. The molecule has 0 aliphatic heterocycles. The number of carbonyl (C=O) groups excluding carboxylic acids is 1. The number of hydrogen-bond acceptors (Lipinski definition) is 6. The Hall–Kier alpha value is -2.42. The highest BCUT2D eigenvalue weighted by atomic mass is 35.5. The molecule has 2 heterocycles. The first kappa shape index (κ1) is 20.3. The highest BCUT2D eigenvalue weighted by molar-refractivity contribution is 8.00. The number of para-hydroxylation sites is 1. The minimum Gasteiger partial charge on any atom is -0.396 e. The molecule has 3 rings (SSSR count). The van der Waals surface area contributed by atoms with Gasteiger partial charge in [0.15, 0.2) is 5.16 Å². The van der Waals surface area contributed by atoms with Crippen molar-refractivity contribution in [1.29, 1.82) is 0 Å². The predicted octanol–water partition coefficient (Wildman–Crippen LogP) is 2.95. The van der Waals surface area contributed by atoms with Crippen molar-refractivity contribution in [2.45, 2.75) is 30.3 Å². The second-order valence-corrected chi connectivity index (χ2v) is 7.80. The van der Waals surface area contributed by atoms with Crippen LogP contribution >= 0.6 is 23.4 Å². The van der Waals surface area contributed by atoms with E-state index in [2.05, 4.69) is 15.3 Å². The summed E-state index contributed by atoms with van der Waals surface area (Å²) in [6, 6.07) is 10.3. The van der Waals surface area contributed by atoms with Gasteiger partial charge in [-0.15, -0.1) is 0 Å². The van der Waals surface area contributed by atoms with E-state index in [1.54, 1.807) is 37.3 Å². The standard InChI is InChI=1S/C19H19ClN4O3S/c1-12(17(26)23-16-8-7-13(20)11-21-16)28-19-22-15-6-3-2-5-14(15)18(27)24(19)9-4-10-25/h2-3,5-8,11-12,25H,4,9-10H2,1H3,(H,21,23,26)/t12-/m0/s1. The van der Waals surface area contributed by atoms with Crippen LogP contribution in [-0.2, 0) is 11.3 Å². The molecule has 0 radical (unpaired) electrons. The number of nitrogens with one attached hydrogen (secondary N) is 1. The third-order valence-electron chi connectivity index (χ3n) is 4.00. The zero-order valence-corrected chi connectivity index (χ0v) is 16.7. The number of anilines is 1. The number of hydrogen-bond donors (Lipinski definition) is 2. The fourth-order valence-corrected chi connectivity index (χ4v) is 3.60. The van der Waals surface area contributed by atoms with E-state index in [4.69, 9.17) is 16.7 Å². The van der Waals surface area contributed by atoms with Crippen molar-refractivity contribution in [1.82, 2.24) is 14.5 Å². The molecule has 0 saturated carbocycles. The van der Waals surface area contributed by atoms with Crippen LogP contribution in [0.5, 0.6) is 0 Å². The number of halogens is 1. The highest BCUT2D eigenvalue weighted by Crippen LogP contribution is 2.24. The number of aliphatic hydroxyl groups is 1.